The van der Waals surface area contributed by atoms with Gasteiger partial charge in [-0.25, -0.2) is 0 Å². The molecule has 0 aromatic heterocycles. The Morgan fingerprint density at radius 2 is 2.00 bits per heavy atom. The normalized spacial score (nSPS) is 10.2. The summed E-state index contributed by atoms with van der Waals surface area (Å²) in [5, 5.41) is 0. The van der Waals surface area contributed by atoms with Crippen LogP contribution in [-0.4, -0.2) is 0 Å². The van der Waals surface area contributed by atoms with Crippen LogP contribution in [0, 0.1) is 17.8 Å². The van der Waals surface area contributed by atoms with Gasteiger partial charge in [0.05, 0.1) is 0 Å². The summed E-state index contributed by atoms with van der Waals surface area (Å²) < 4.78 is 0. The van der Waals surface area contributed by atoms with Crippen molar-refractivity contribution in [1.82, 2.24) is 0 Å². The molecule has 0 atom stereocenters. The maximum Gasteiger partial charge on any atom is 0.0458 e. The van der Waals surface area contributed by atoms with Crippen LogP contribution in [-0.2, 0) is 0 Å². The third-order valence-electron chi connectivity index (χ3n) is 1.43. The van der Waals surface area contributed by atoms with E-state index in [1.165, 1.54) is 0 Å². The Bertz CT molecular complexity index is 133. The molecule has 0 aliphatic carbocycles. The lowest BCUT2D eigenvalue weighted by Crippen LogP contribution is -2.07. The summed E-state index contributed by atoms with van der Waals surface area (Å²) in [6.07, 6.45) is 5.20. The van der Waals surface area contributed by atoms with Crippen LogP contribution in [0.1, 0.15) is 20.8 Å². The van der Waals surface area contributed by atoms with Crippen LogP contribution in [0.25, 0.3) is 0 Å². The van der Waals surface area contributed by atoms with E-state index in [4.69, 9.17) is 6.42 Å². The molecule has 44 valence electrons. The van der Waals surface area contributed by atoms with Gasteiger partial charge >= 0.3 is 0 Å². The van der Waals surface area contributed by atoms with Gasteiger partial charge in [0.25, 0.3) is 0 Å². The number of hydrogen-bond donors (Lipinski definition) is 0. The molecule has 0 heterocycles. The van der Waals surface area contributed by atoms with E-state index in [9.17, 15) is 0 Å². The molecular formula is C8H12. The van der Waals surface area contributed by atoms with Gasteiger partial charge < -0.3 is 0 Å². The second-order valence-electron chi connectivity index (χ2n) is 2.55. The van der Waals surface area contributed by atoms with E-state index < -0.39 is 0 Å². The molecule has 8 heavy (non-hydrogen) atoms. The quantitative estimate of drug-likeness (QED) is 0.357. The number of hydrogen-bond acceptors (Lipinski definition) is 0. The van der Waals surface area contributed by atoms with E-state index >= 15 is 0 Å². The summed E-state index contributed by atoms with van der Waals surface area (Å²) in [7, 11) is 0. The molecule has 0 amide bonds. The van der Waals surface area contributed by atoms with Crippen molar-refractivity contribution < 1.29 is 0 Å². The lowest BCUT2D eigenvalue weighted by atomic mass is 9.88. The number of terminal acetylenes is 1. The minimum absolute atomic E-state index is 0.125. The van der Waals surface area contributed by atoms with Crippen LogP contribution in [0.15, 0.2) is 12.2 Å². The molecule has 0 heteroatoms. The maximum atomic E-state index is 5.20. The Kier molecular flexibility index (Phi) is 1.87. The topological polar surface area (TPSA) is 0 Å². The first kappa shape index (κ1) is 7.30. The Balaban J connectivity index is 4.19. The van der Waals surface area contributed by atoms with Crippen molar-refractivity contribution in [3.63, 3.8) is 0 Å². The van der Waals surface area contributed by atoms with Crippen molar-refractivity contribution in [2.45, 2.75) is 20.8 Å². The van der Waals surface area contributed by atoms with Gasteiger partial charge in [-0.05, 0) is 20.8 Å². The van der Waals surface area contributed by atoms with Gasteiger partial charge in [-0.2, -0.15) is 0 Å². The van der Waals surface area contributed by atoms with Crippen LogP contribution in [0.3, 0.4) is 0 Å². The van der Waals surface area contributed by atoms with Crippen molar-refractivity contribution in [2.24, 2.45) is 5.41 Å². The third-order valence-corrected chi connectivity index (χ3v) is 1.43. The molecule has 0 aliphatic rings. The molecule has 0 N–H and O–H groups in total. The maximum absolute atomic E-state index is 5.20. The summed E-state index contributed by atoms with van der Waals surface area (Å²) in [6, 6.07) is 0. The smallest absolute Gasteiger partial charge is 0.0458 e. The Labute approximate surface area is 51.6 Å². The van der Waals surface area contributed by atoms with Gasteiger partial charge in [-0.1, -0.05) is 18.1 Å². The minimum Gasteiger partial charge on any atom is -0.119 e. The monoisotopic (exact) mass is 108 g/mol. The second-order valence-corrected chi connectivity index (χ2v) is 2.55. The largest absolute Gasteiger partial charge is 0.119 e. The molecule has 0 aromatic rings. The van der Waals surface area contributed by atoms with E-state index in [0.717, 1.165) is 5.57 Å². The first-order chi connectivity index (χ1) is 3.50. The predicted molar refractivity (Wildman–Crippen MR) is 37.4 cm³/mol. The number of rotatable bonds is 1. The zero-order chi connectivity index (χ0) is 6.78. The van der Waals surface area contributed by atoms with Crippen molar-refractivity contribution in [2.75, 3.05) is 0 Å². The van der Waals surface area contributed by atoms with E-state index in [-0.39, 0.29) is 5.41 Å². The molecule has 0 saturated carbocycles. The summed E-state index contributed by atoms with van der Waals surface area (Å²) in [4.78, 5) is 0. The lowest BCUT2D eigenvalue weighted by molar-refractivity contribution is 0.610. The van der Waals surface area contributed by atoms with Gasteiger partial charge in [-0.15, -0.1) is 6.42 Å². The third kappa shape index (κ3) is 1.42. The molecule has 0 radical (unpaired) electrons. The molecule has 0 fully saturated rings. The fourth-order valence-electron chi connectivity index (χ4n) is 0.123. The molecule has 0 rings (SSSR count). The SMILES string of the molecule is C#CC(C)(C)C(=C)C. The van der Waals surface area contributed by atoms with E-state index in [1.807, 2.05) is 20.8 Å². The van der Waals surface area contributed by atoms with Gasteiger partial charge in [-0.3, -0.25) is 0 Å². The number of allylic oxidation sites excluding steroid dienone is 1. The highest BCUT2D eigenvalue weighted by Gasteiger charge is 2.12. The molecule has 0 nitrogen and oxygen atoms in total. The molecule has 0 bridgehead atoms. The first-order valence-electron chi connectivity index (χ1n) is 2.64. The first-order valence-corrected chi connectivity index (χ1v) is 2.64. The summed E-state index contributed by atoms with van der Waals surface area (Å²) >= 11 is 0. The molecule has 0 unspecified atom stereocenters. The molecule has 0 saturated heterocycles. The van der Waals surface area contributed by atoms with Crippen LogP contribution in [0.2, 0.25) is 0 Å². The average molecular weight is 108 g/mol. The molecule has 0 aliphatic heterocycles. The highest BCUT2D eigenvalue weighted by molar-refractivity contribution is 5.18. The zero-order valence-corrected chi connectivity index (χ0v) is 5.78. The molecular weight excluding hydrogens is 96.1 g/mol. The lowest BCUT2D eigenvalue weighted by Gasteiger charge is -2.15. The summed E-state index contributed by atoms with van der Waals surface area (Å²) in [5.41, 5.74) is 0.917. The molecule has 0 spiro atoms. The van der Waals surface area contributed by atoms with E-state index in [0.29, 0.717) is 0 Å². The second kappa shape index (κ2) is 2.05. The van der Waals surface area contributed by atoms with Crippen molar-refractivity contribution in [1.29, 1.82) is 0 Å². The average Bonchev–Trinajstić information content (AvgIpc) is 1.67. The molecule has 0 aromatic carbocycles. The van der Waals surface area contributed by atoms with Gasteiger partial charge in [0, 0.05) is 5.41 Å². The fraction of sp³-hybridized carbons (Fsp3) is 0.500. The van der Waals surface area contributed by atoms with Crippen molar-refractivity contribution in [3.8, 4) is 12.3 Å². The Morgan fingerprint density at radius 1 is 1.62 bits per heavy atom. The van der Waals surface area contributed by atoms with Crippen LogP contribution >= 0.6 is 0 Å². The highest BCUT2D eigenvalue weighted by Crippen LogP contribution is 2.21. The summed E-state index contributed by atoms with van der Waals surface area (Å²) in [6.45, 7) is 9.66. The van der Waals surface area contributed by atoms with E-state index in [1.54, 1.807) is 0 Å². The minimum atomic E-state index is -0.125. The predicted octanol–water partition coefficient (Wildman–Crippen LogP) is 2.22. The van der Waals surface area contributed by atoms with Crippen LogP contribution in [0.5, 0.6) is 0 Å². The zero-order valence-electron chi connectivity index (χ0n) is 5.78. The van der Waals surface area contributed by atoms with Gasteiger partial charge in [0.15, 0.2) is 0 Å². The van der Waals surface area contributed by atoms with Crippen molar-refractivity contribution >= 4 is 0 Å². The van der Waals surface area contributed by atoms with Gasteiger partial charge in [0.1, 0.15) is 0 Å². The Hall–Kier alpha value is -0.700. The Morgan fingerprint density at radius 3 is 2.00 bits per heavy atom. The van der Waals surface area contributed by atoms with Crippen LogP contribution < -0.4 is 0 Å². The standard InChI is InChI=1S/C8H12/c1-6-8(4,5)7(2)3/h1H,2H2,3-5H3. The van der Waals surface area contributed by atoms with Crippen molar-refractivity contribution in [3.05, 3.63) is 12.2 Å². The van der Waals surface area contributed by atoms with Gasteiger partial charge in [0.2, 0.25) is 0 Å². The highest BCUT2D eigenvalue weighted by atomic mass is 14.2. The fourth-order valence-corrected chi connectivity index (χ4v) is 0.123. The van der Waals surface area contributed by atoms with E-state index in [2.05, 4.69) is 12.5 Å². The van der Waals surface area contributed by atoms with Crippen LogP contribution in [0.4, 0.5) is 0 Å². The summed E-state index contributed by atoms with van der Waals surface area (Å²) in [5.74, 6) is 2.64.